The molecule has 1 unspecified atom stereocenters. The summed E-state index contributed by atoms with van der Waals surface area (Å²) in [5.41, 5.74) is 1.03. The van der Waals surface area contributed by atoms with Crippen molar-refractivity contribution in [1.82, 2.24) is 10.6 Å². The number of esters is 1. The normalized spacial score (nSPS) is 10.9. The molecular weight excluding hydrogens is 392 g/mol. The van der Waals surface area contributed by atoms with E-state index in [4.69, 9.17) is 18.9 Å². The monoisotopic (exact) mass is 426 g/mol. The third-order valence-electron chi connectivity index (χ3n) is 3.76. The maximum absolute atomic E-state index is 11.6. The minimum absolute atomic E-state index is 0.0470. The van der Waals surface area contributed by atoms with E-state index >= 15 is 0 Å². The van der Waals surface area contributed by atoms with Crippen LogP contribution in [0.25, 0.3) is 0 Å². The van der Waals surface area contributed by atoms with Crippen LogP contribution < -0.4 is 10.6 Å². The highest BCUT2D eigenvalue weighted by Crippen LogP contribution is 2.08. The average molecular weight is 427 g/mol. The van der Waals surface area contributed by atoms with Gasteiger partial charge < -0.3 is 29.6 Å². The SMILES string of the molecule is C=C(C)C(=C)OCCNC(=O)OCCC(C)CCOC(=O)NCCOC(=O)C(=C)C. The molecule has 2 amide bonds. The minimum Gasteiger partial charge on any atom is -0.492 e. The Morgan fingerprint density at radius 1 is 0.733 bits per heavy atom. The third-order valence-corrected chi connectivity index (χ3v) is 3.76. The zero-order valence-corrected chi connectivity index (χ0v) is 18.2. The van der Waals surface area contributed by atoms with E-state index in [2.05, 4.69) is 30.4 Å². The van der Waals surface area contributed by atoms with Gasteiger partial charge in [-0.2, -0.15) is 0 Å². The molecule has 0 aromatic rings. The molecule has 0 spiro atoms. The van der Waals surface area contributed by atoms with E-state index in [1.54, 1.807) is 13.8 Å². The van der Waals surface area contributed by atoms with Gasteiger partial charge in [0.05, 0.1) is 26.3 Å². The zero-order valence-electron chi connectivity index (χ0n) is 18.2. The lowest BCUT2D eigenvalue weighted by Gasteiger charge is -2.13. The van der Waals surface area contributed by atoms with Crippen LogP contribution in [0.2, 0.25) is 0 Å². The molecule has 0 saturated carbocycles. The molecule has 0 aromatic heterocycles. The predicted octanol–water partition coefficient (Wildman–Crippen LogP) is 3.08. The summed E-state index contributed by atoms with van der Waals surface area (Å²) in [6.07, 6.45) is 0.161. The van der Waals surface area contributed by atoms with Crippen molar-refractivity contribution in [1.29, 1.82) is 0 Å². The molecule has 0 aliphatic heterocycles. The number of hydrogen-bond donors (Lipinski definition) is 2. The summed E-state index contributed by atoms with van der Waals surface area (Å²) in [4.78, 5) is 34.3. The minimum atomic E-state index is -0.583. The average Bonchev–Trinajstić information content (AvgIpc) is 2.67. The van der Waals surface area contributed by atoms with Gasteiger partial charge in [0.25, 0.3) is 0 Å². The van der Waals surface area contributed by atoms with Gasteiger partial charge in [0.15, 0.2) is 0 Å². The van der Waals surface area contributed by atoms with Crippen molar-refractivity contribution in [2.24, 2.45) is 5.92 Å². The molecule has 9 nitrogen and oxygen atoms in total. The van der Waals surface area contributed by atoms with Crippen LogP contribution in [-0.2, 0) is 23.7 Å². The van der Waals surface area contributed by atoms with Crippen molar-refractivity contribution in [3.63, 3.8) is 0 Å². The molecule has 170 valence electrons. The molecule has 9 heteroatoms. The maximum Gasteiger partial charge on any atom is 0.407 e. The molecule has 0 aromatic carbocycles. The molecule has 0 fully saturated rings. The van der Waals surface area contributed by atoms with Crippen molar-refractivity contribution in [3.05, 3.63) is 36.6 Å². The van der Waals surface area contributed by atoms with Gasteiger partial charge in [0.2, 0.25) is 0 Å². The van der Waals surface area contributed by atoms with E-state index in [1.807, 2.05) is 6.92 Å². The molecule has 0 saturated heterocycles. The number of carbonyl (C=O) groups is 3. The Morgan fingerprint density at radius 3 is 1.63 bits per heavy atom. The predicted molar refractivity (Wildman–Crippen MR) is 113 cm³/mol. The molecule has 30 heavy (non-hydrogen) atoms. The Kier molecular flexibility index (Phi) is 14.3. The van der Waals surface area contributed by atoms with Gasteiger partial charge in [-0.15, -0.1) is 0 Å². The van der Waals surface area contributed by atoms with Gasteiger partial charge >= 0.3 is 18.2 Å². The van der Waals surface area contributed by atoms with Crippen LogP contribution in [0.15, 0.2) is 36.6 Å². The molecule has 0 aliphatic rings. The quantitative estimate of drug-likeness (QED) is 0.103. The molecule has 0 bridgehead atoms. The highest BCUT2D eigenvalue weighted by atomic mass is 16.6. The lowest BCUT2D eigenvalue weighted by molar-refractivity contribution is -0.138. The van der Waals surface area contributed by atoms with Gasteiger partial charge in [-0.05, 0) is 38.2 Å². The second kappa shape index (κ2) is 15.9. The first-order valence-corrected chi connectivity index (χ1v) is 9.75. The number of carbonyl (C=O) groups excluding carboxylic acids is 3. The number of allylic oxidation sites excluding steroid dienone is 1. The van der Waals surface area contributed by atoms with Gasteiger partial charge in [-0.1, -0.05) is 26.7 Å². The Hall–Kier alpha value is -2.97. The molecular formula is C21H34N2O7. The molecule has 2 N–H and O–H groups in total. The second-order valence-corrected chi connectivity index (χ2v) is 6.78. The van der Waals surface area contributed by atoms with Crippen LogP contribution in [0.3, 0.4) is 0 Å². The van der Waals surface area contributed by atoms with Crippen molar-refractivity contribution in [2.45, 2.75) is 33.6 Å². The summed E-state index contributed by atoms with van der Waals surface area (Å²) in [5, 5.41) is 5.06. The van der Waals surface area contributed by atoms with E-state index in [0.29, 0.717) is 30.7 Å². The van der Waals surface area contributed by atoms with Crippen molar-refractivity contribution in [3.8, 4) is 0 Å². The van der Waals surface area contributed by atoms with Crippen LogP contribution in [-0.4, -0.2) is 57.7 Å². The Morgan fingerprint density at radius 2 is 1.20 bits per heavy atom. The summed E-state index contributed by atoms with van der Waals surface area (Å²) in [6, 6.07) is 0. The Balaban J connectivity index is 3.65. The number of alkyl carbamates (subject to hydrolysis) is 2. The van der Waals surface area contributed by atoms with E-state index in [0.717, 1.165) is 5.57 Å². The topological polar surface area (TPSA) is 112 Å². The van der Waals surface area contributed by atoms with Crippen molar-refractivity contribution < 1.29 is 33.3 Å². The summed E-state index contributed by atoms with van der Waals surface area (Å²) >= 11 is 0. The van der Waals surface area contributed by atoms with Crippen molar-refractivity contribution >= 4 is 18.2 Å². The van der Waals surface area contributed by atoms with Gasteiger partial charge in [-0.3, -0.25) is 0 Å². The number of amides is 2. The van der Waals surface area contributed by atoms with E-state index < -0.39 is 18.2 Å². The lowest BCUT2D eigenvalue weighted by atomic mass is 10.1. The summed E-state index contributed by atoms with van der Waals surface area (Å²) in [6.45, 7) is 17.4. The van der Waals surface area contributed by atoms with E-state index in [1.165, 1.54) is 0 Å². The van der Waals surface area contributed by atoms with Crippen LogP contribution >= 0.6 is 0 Å². The first-order valence-electron chi connectivity index (χ1n) is 9.75. The number of hydrogen-bond acceptors (Lipinski definition) is 7. The fourth-order valence-electron chi connectivity index (χ4n) is 1.82. The fraction of sp³-hybridized carbons (Fsp3) is 0.571. The van der Waals surface area contributed by atoms with Gasteiger partial charge in [0.1, 0.15) is 19.0 Å². The van der Waals surface area contributed by atoms with Crippen LogP contribution in [0.4, 0.5) is 9.59 Å². The maximum atomic E-state index is 11.6. The smallest absolute Gasteiger partial charge is 0.407 e. The summed E-state index contributed by atoms with van der Waals surface area (Å²) in [7, 11) is 0. The molecule has 0 radical (unpaired) electrons. The first-order chi connectivity index (χ1) is 14.1. The van der Waals surface area contributed by atoms with Gasteiger partial charge in [0, 0.05) is 5.57 Å². The Bertz CT molecular complexity index is 564. The second-order valence-electron chi connectivity index (χ2n) is 6.78. The number of nitrogens with one attached hydrogen (secondary N) is 2. The zero-order chi connectivity index (χ0) is 22.9. The lowest BCUT2D eigenvalue weighted by Crippen LogP contribution is -2.29. The van der Waals surface area contributed by atoms with Crippen LogP contribution in [0.5, 0.6) is 0 Å². The number of rotatable bonds is 15. The van der Waals surface area contributed by atoms with Gasteiger partial charge in [-0.25, -0.2) is 14.4 Å². The highest BCUT2D eigenvalue weighted by Gasteiger charge is 2.08. The highest BCUT2D eigenvalue weighted by molar-refractivity contribution is 5.86. The summed E-state index contributed by atoms with van der Waals surface area (Å²) in [5.74, 6) is 0.183. The van der Waals surface area contributed by atoms with Crippen molar-refractivity contribution in [2.75, 3.05) is 39.5 Å². The van der Waals surface area contributed by atoms with E-state index in [9.17, 15) is 14.4 Å². The standard InChI is InChI=1S/C21H34N2O7/c1-15(2)18(6)27-13-9-22-20(25)29-11-7-17(5)8-12-30-21(26)23-10-14-28-19(24)16(3)4/h17H,1,3,6-14H2,2,4-5H3,(H,22,25)(H,23,26). The third kappa shape index (κ3) is 15.0. The largest absolute Gasteiger partial charge is 0.492 e. The van der Waals surface area contributed by atoms with Crippen LogP contribution in [0, 0.1) is 5.92 Å². The fourth-order valence-corrected chi connectivity index (χ4v) is 1.82. The van der Waals surface area contributed by atoms with E-state index in [-0.39, 0.29) is 38.9 Å². The Labute approximate surface area is 178 Å². The summed E-state index contributed by atoms with van der Waals surface area (Å²) < 4.78 is 20.2. The first kappa shape index (κ1) is 27.0. The van der Waals surface area contributed by atoms with Crippen LogP contribution in [0.1, 0.15) is 33.6 Å². The molecule has 1 atom stereocenters. The molecule has 0 rings (SSSR count). The molecule has 0 heterocycles. The number of ether oxygens (including phenoxy) is 4. The molecule has 0 aliphatic carbocycles.